The Balaban J connectivity index is 1.81. The van der Waals surface area contributed by atoms with E-state index in [4.69, 9.17) is 0 Å². The zero-order chi connectivity index (χ0) is 20.3. The molecule has 144 valence electrons. The normalized spacial score (nSPS) is 10.5. The number of hydrazine groups is 1. The Morgan fingerprint density at radius 2 is 1.57 bits per heavy atom. The van der Waals surface area contributed by atoms with Gasteiger partial charge >= 0.3 is 0 Å². The number of anilines is 1. The van der Waals surface area contributed by atoms with Gasteiger partial charge in [0.05, 0.1) is 5.39 Å². The number of amides is 2. The van der Waals surface area contributed by atoms with Crippen LogP contribution < -0.4 is 21.3 Å². The predicted molar refractivity (Wildman–Crippen MR) is 107 cm³/mol. The van der Waals surface area contributed by atoms with Crippen molar-refractivity contribution in [1.82, 2.24) is 20.6 Å². The number of aryl methyl sites for hydroxylation is 1. The maximum Gasteiger partial charge on any atom is 0.290 e. The number of fused-ring (bicyclic) bond motifs is 1. The quantitative estimate of drug-likeness (QED) is 0.671. The van der Waals surface area contributed by atoms with Crippen LogP contribution in [-0.4, -0.2) is 35.7 Å². The molecule has 28 heavy (non-hydrogen) atoms. The van der Waals surface area contributed by atoms with Crippen LogP contribution >= 0.6 is 0 Å². The van der Waals surface area contributed by atoms with Crippen LogP contribution in [0.4, 0.5) is 5.69 Å². The van der Waals surface area contributed by atoms with Crippen LogP contribution in [0.2, 0.25) is 0 Å². The number of hydrogen-bond acceptors (Lipinski definition) is 5. The number of nitrogens with zero attached hydrogens (tertiary/aromatic N) is 3. The number of rotatable bonds is 4. The van der Waals surface area contributed by atoms with Gasteiger partial charge in [-0.25, -0.2) is 4.68 Å². The molecule has 8 heteroatoms. The van der Waals surface area contributed by atoms with E-state index in [0.29, 0.717) is 22.9 Å². The summed E-state index contributed by atoms with van der Waals surface area (Å²) in [6.45, 7) is 2.10. The van der Waals surface area contributed by atoms with E-state index in [2.05, 4.69) is 16.0 Å². The zero-order valence-electron chi connectivity index (χ0n) is 15.9. The summed E-state index contributed by atoms with van der Waals surface area (Å²) < 4.78 is 1.22. The first-order chi connectivity index (χ1) is 13.4. The molecule has 2 amide bonds. The van der Waals surface area contributed by atoms with Crippen molar-refractivity contribution < 1.29 is 9.59 Å². The minimum Gasteiger partial charge on any atom is -0.378 e. The van der Waals surface area contributed by atoms with Gasteiger partial charge in [-0.05, 0) is 37.3 Å². The van der Waals surface area contributed by atoms with Crippen molar-refractivity contribution in [3.8, 4) is 0 Å². The molecule has 0 radical (unpaired) electrons. The Morgan fingerprint density at radius 3 is 2.18 bits per heavy atom. The number of benzene rings is 2. The summed E-state index contributed by atoms with van der Waals surface area (Å²) in [5, 5.41) is 4.96. The van der Waals surface area contributed by atoms with E-state index in [1.807, 2.05) is 31.1 Å². The Labute approximate surface area is 161 Å². The molecule has 0 fully saturated rings. The largest absolute Gasteiger partial charge is 0.378 e. The first-order valence-corrected chi connectivity index (χ1v) is 8.80. The molecule has 3 aromatic rings. The van der Waals surface area contributed by atoms with Crippen LogP contribution in [0.5, 0.6) is 0 Å². The molecule has 0 bridgehead atoms. The van der Waals surface area contributed by atoms with Gasteiger partial charge in [0.25, 0.3) is 17.4 Å². The third kappa shape index (κ3) is 3.71. The van der Waals surface area contributed by atoms with Crippen molar-refractivity contribution in [2.45, 2.75) is 13.5 Å². The lowest BCUT2D eigenvalue weighted by Gasteiger charge is -2.13. The highest BCUT2D eigenvalue weighted by atomic mass is 16.2. The molecular formula is C20H21N5O3. The Bertz CT molecular complexity index is 1090. The molecule has 0 aliphatic carbocycles. The SMILES string of the molecule is CCn1nc(C(=O)NNC(=O)c2ccc(N(C)C)cc2)c2ccccc2c1=O. The van der Waals surface area contributed by atoms with Crippen molar-refractivity contribution in [2.75, 3.05) is 19.0 Å². The first kappa shape index (κ1) is 19.1. The number of carbonyl (C=O) groups is 2. The van der Waals surface area contributed by atoms with E-state index in [1.165, 1.54) is 4.68 Å². The van der Waals surface area contributed by atoms with Crippen molar-refractivity contribution in [3.63, 3.8) is 0 Å². The van der Waals surface area contributed by atoms with Crippen LogP contribution in [-0.2, 0) is 6.54 Å². The third-order valence-corrected chi connectivity index (χ3v) is 4.32. The molecule has 3 rings (SSSR count). The fraction of sp³-hybridized carbons (Fsp3) is 0.200. The predicted octanol–water partition coefficient (Wildman–Crippen LogP) is 1.56. The van der Waals surface area contributed by atoms with Crippen molar-refractivity contribution in [2.24, 2.45) is 0 Å². The van der Waals surface area contributed by atoms with Crippen LogP contribution in [0, 0.1) is 0 Å². The van der Waals surface area contributed by atoms with Crippen LogP contribution in [0.15, 0.2) is 53.3 Å². The lowest BCUT2D eigenvalue weighted by Crippen LogP contribution is -2.42. The lowest BCUT2D eigenvalue weighted by atomic mass is 10.1. The average molecular weight is 379 g/mol. The van der Waals surface area contributed by atoms with E-state index < -0.39 is 11.8 Å². The molecule has 2 aromatic carbocycles. The highest BCUT2D eigenvalue weighted by molar-refractivity contribution is 6.06. The van der Waals surface area contributed by atoms with Gasteiger partial charge in [-0.2, -0.15) is 5.10 Å². The molecule has 1 aromatic heterocycles. The highest BCUT2D eigenvalue weighted by Crippen LogP contribution is 2.14. The van der Waals surface area contributed by atoms with Gasteiger partial charge in [0.2, 0.25) is 0 Å². The van der Waals surface area contributed by atoms with Gasteiger partial charge < -0.3 is 4.90 Å². The van der Waals surface area contributed by atoms with Gasteiger partial charge in [-0.3, -0.25) is 25.2 Å². The average Bonchev–Trinajstić information content (AvgIpc) is 2.72. The van der Waals surface area contributed by atoms with Crippen LogP contribution in [0.1, 0.15) is 27.8 Å². The van der Waals surface area contributed by atoms with Gasteiger partial charge in [-0.15, -0.1) is 0 Å². The minimum atomic E-state index is -0.600. The van der Waals surface area contributed by atoms with Gasteiger partial charge in [-0.1, -0.05) is 18.2 Å². The van der Waals surface area contributed by atoms with Gasteiger partial charge in [0.1, 0.15) is 0 Å². The molecule has 0 atom stereocenters. The lowest BCUT2D eigenvalue weighted by molar-refractivity contribution is 0.0843. The van der Waals surface area contributed by atoms with E-state index in [1.54, 1.807) is 43.3 Å². The monoisotopic (exact) mass is 379 g/mol. The van der Waals surface area contributed by atoms with Gasteiger partial charge in [0, 0.05) is 37.3 Å². The zero-order valence-corrected chi connectivity index (χ0v) is 15.9. The Morgan fingerprint density at radius 1 is 0.964 bits per heavy atom. The van der Waals surface area contributed by atoms with Crippen molar-refractivity contribution in [3.05, 3.63) is 70.1 Å². The summed E-state index contributed by atoms with van der Waals surface area (Å²) in [5.74, 6) is -1.05. The maximum absolute atomic E-state index is 12.6. The maximum atomic E-state index is 12.6. The molecule has 0 aliphatic rings. The Kier molecular flexibility index (Phi) is 5.39. The fourth-order valence-corrected chi connectivity index (χ4v) is 2.77. The summed E-state index contributed by atoms with van der Waals surface area (Å²) in [4.78, 5) is 39.2. The second kappa shape index (κ2) is 7.91. The highest BCUT2D eigenvalue weighted by Gasteiger charge is 2.17. The fourth-order valence-electron chi connectivity index (χ4n) is 2.77. The summed E-state index contributed by atoms with van der Waals surface area (Å²) in [6.07, 6.45) is 0. The van der Waals surface area contributed by atoms with E-state index in [-0.39, 0.29) is 11.3 Å². The summed E-state index contributed by atoms with van der Waals surface area (Å²) in [7, 11) is 3.81. The van der Waals surface area contributed by atoms with E-state index in [9.17, 15) is 14.4 Å². The van der Waals surface area contributed by atoms with Crippen LogP contribution in [0.25, 0.3) is 10.8 Å². The van der Waals surface area contributed by atoms with Crippen molar-refractivity contribution >= 4 is 28.3 Å². The molecule has 2 N–H and O–H groups in total. The third-order valence-electron chi connectivity index (χ3n) is 4.32. The first-order valence-electron chi connectivity index (χ1n) is 8.80. The molecule has 0 aliphatic heterocycles. The number of aromatic nitrogens is 2. The van der Waals surface area contributed by atoms with E-state index in [0.717, 1.165) is 5.69 Å². The molecule has 0 saturated heterocycles. The van der Waals surface area contributed by atoms with E-state index >= 15 is 0 Å². The minimum absolute atomic E-state index is 0.0697. The molecular weight excluding hydrogens is 358 g/mol. The van der Waals surface area contributed by atoms with Gasteiger partial charge in [0.15, 0.2) is 5.69 Å². The smallest absolute Gasteiger partial charge is 0.290 e. The topological polar surface area (TPSA) is 96.3 Å². The molecule has 8 nitrogen and oxygen atoms in total. The molecule has 0 unspecified atom stereocenters. The second-order valence-corrected chi connectivity index (χ2v) is 6.36. The standard InChI is InChI=1S/C20H21N5O3/c1-4-25-20(28)16-8-6-5-7-15(16)17(23-25)19(27)22-21-18(26)13-9-11-14(12-10-13)24(2)3/h5-12H,4H2,1-3H3,(H,21,26)(H,22,27). The summed E-state index contributed by atoms with van der Waals surface area (Å²) in [5.41, 5.74) is 5.92. The number of carbonyl (C=O) groups excluding carboxylic acids is 2. The summed E-state index contributed by atoms with van der Waals surface area (Å²) in [6, 6.07) is 13.7. The number of nitrogens with one attached hydrogen (secondary N) is 2. The molecule has 1 heterocycles. The molecule has 0 saturated carbocycles. The second-order valence-electron chi connectivity index (χ2n) is 6.36. The number of hydrogen-bond donors (Lipinski definition) is 2. The van der Waals surface area contributed by atoms with Crippen molar-refractivity contribution in [1.29, 1.82) is 0 Å². The van der Waals surface area contributed by atoms with Crippen LogP contribution in [0.3, 0.4) is 0 Å². The Hall–Kier alpha value is -3.68. The summed E-state index contributed by atoms with van der Waals surface area (Å²) >= 11 is 0. The molecule has 0 spiro atoms.